The Morgan fingerprint density at radius 2 is 1.84 bits per heavy atom. The molecule has 8 nitrogen and oxygen atoms in total. The van der Waals surface area contributed by atoms with Gasteiger partial charge in [-0.2, -0.15) is 0 Å². The lowest BCUT2D eigenvalue weighted by molar-refractivity contribution is 0.0645. The lowest BCUT2D eigenvalue weighted by Gasteiger charge is -2.30. The van der Waals surface area contributed by atoms with E-state index in [-0.39, 0.29) is 5.91 Å². The van der Waals surface area contributed by atoms with Crippen LogP contribution in [0.4, 0.5) is 0 Å². The maximum atomic E-state index is 12.2. The Labute approximate surface area is 184 Å². The van der Waals surface area contributed by atoms with Gasteiger partial charge in [0.15, 0.2) is 0 Å². The summed E-state index contributed by atoms with van der Waals surface area (Å²) in [6, 6.07) is 11.1. The summed E-state index contributed by atoms with van der Waals surface area (Å²) in [6.45, 7) is 4.95. The molecule has 4 heterocycles. The van der Waals surface area contributed by atoms with Crippen LogP contribution in [0.25, 0.3) is 22.3 Å². The predicted molar refractivity (Wildman–Crippen MR) is 119 cm³/mol. The molecule has 1 fully saturated rings. The minimum absolute atomic E-state index is 0.0391. The van der Waals surface area contributed by atoms with E-state index in [9.17, 15) is 9.90 Å². The summed E-state index contributed by atoms with van der Waals surface area (Å²) in [6.07, 6.45) is 5.84. The minimum Gasteiger partial charge on any atom is -0.456 e. The van der Waals surface area contributed by atoms with Gasteiger partial charge in [-0.25, -0.2) is 4.98 Å². The summed E-state index contributed by atoms with van der Waals surface area (Å²) in [4.78, 5) is 30.3. The van der Waals surface area contributed by atoms with Crippen molar-refractivity contribution in [2.45, 2.75) is 25.9 Å². The van der Waals surface area contributed by atoms with Crippen LogP contribution in [-0.2, 0) is 5.60 Å². The van der Waals surface area contributed by atoms with E-state index in [4.69, 9.17) is 4.74 Å². The molecule has 2 N–H and O–H groups in total. The summed E-state index contributed by atoms with van der Waals surface area (Å²) in [5.74, 6) is 1.19. The van der Waals surface area contributed by atoms with Gasteiger partial charge in [-0.1, -0.05) is 0 Å². The third-order valence-electron chi connectivity index (χ3n) is 5.48. The van der Waals surface area contributed by atoms with Crippen LogP contribution in [-0.4, -0.2) is 48.9 Å². The van der Waals surface area contributed by atoms with Gasteiger partial charge in [0, 0.05) is 24.0 Å². The Kier molecular flexibility index (Phi) is 4.86. The van der Waals surface area contributed by atoms with E-state index in [1.165, 1.54) is 0 Å². The van der Waals surface area contributed by atoms with Gasteiger partial charge in [0.2, 0.25) is 0 Å². The third kappa shape index (κ3) is 3.92. The smallest absolute Gasteiger partial charge is 0.272 e. The zero-order valence-electron chi connectivity index (χ0n) is 17.9. The molecule has 3 aromatic heterocycles. The molecular formula is C24H23N5O3. The largest absolute Gasteiger partial charge is 0.456 e. The van der Waals surface area contributed by atoms with Crippen molar-refractivity contribution in [2.24, 2.45) is 0 Å². The first kappa shape index (κ1) is 20.1. The van der Waals surface area contributed by atoms with Crippen LogP contribution in [0.15, 0.2) is 55.0 Å². The number of carbonyl (C=O) groups excluding carboxylic acids is 1. The van der Waals surface area contributed by atoms with Crippen LogP contribution in [0.5, 0.6) is 11.5 Å². The molecule has 1 amide bonds. The molecule has 0 bridgehead atoms. The number of H-pyrrole nitrogens is 1. The molecule has 0 aliphatic carbocycles. The van der Waals surface area contributed by atoms with Gasteiger partial charge in [-0.05, 0) is 56.7 Å². The summed E-state index contributed by atoms with van der Waals surface area (Å²) >= 11 is 0. The Bertz CT molecular complexity index is 1270. The molecule has 1 saturated heterocycles. The second-order valence-electron chi connectivity index (χ2n) is 8.40. The highest BCUT2D eigenvalue weighted by molar-refractivity contribution is 5.92. The molecule has 4 aromatic rings. The van der Waals surface area contributed by atoms with Crippen LogP contribution >= 0.6 is 0 Å². The van der Waals surface area contributed by atoms with Crippen LogP contribution in [0.3, 0.4) is 0 Å². The molecule has 162 valence electrons. The quantitative estimate of drug-likeness (QED) is 0.499. The lowest BCUT2D eigenvalue weighted by Crippen LogP contribution is -2.42. The van der Waals surface area contributed by atoms with Gasteiger partial charge >= 0.3 is 0 Å². The number of benzene rings is 1. The number of pyridine rings is 1. The second-order valence-corrected chi connectivity index (χ2v) is 8.40. The van der Waals surface area contributed by atoms with Crippen molar-refractivity contribution in [3.8, 4) is 22.9 Å². The Hall–Kier alpha value is -3.78. The molecule has 0 unspecified atom stereocenters. The first-order valence-corrected chi connectivity index (χ1v) is 10.5. The number of hydrogen-bond acceptors (Lipinski definition) is 6. The first-order valence-electron chi connectivity index (χ1n) is 10.5. The van der Waals surface area contributed by atoms with Crippen molar-refractivity contribution in [3.05, 3.63) is 66.4 Å². The number of hydrogen-bond donors (Lipinski definition) is 2. The molecule has 1 aliphatic rings. The van der Waals surface area contributed by atoms with E-state index in [1.807, 2.05) is 24.3 Å². The van der Waals surface area contributed by atoms with Crippen molar-refractivity contribution < 1.29 is 14.6 Å². The van der Waals surface area contributed by atoms with E-state index < -0.39 is 5.60 Å². The molecule has 32 heavy (non-hydrogen) atoms. The third-order valence-corrected chi connectivity index (χ3v) is 5.48. The van der Waals surface area contributed by atoms with Crippen LogP contribution in [0, 0.1) is 0 Å². The maximum absolute atomic E-state index is 12.2. The Balaban J connectivity index is 1.33. The topological polar surface area (TPSA) is 104 Å². The molecule has 0 atom stereocenters. The standard InChI is InChI=1S/C24H23N5O3/c1-24(2,31)22-14-26-21(13-27-22)20-11-15-10-16(4-6-18(15)28-20)32-17-5-7-19(25-12-17)23(30)29-8-3-9-29/h4-7,10-14,28,31H,3,8-9H2,1-2H3. The Morgan fingerprint density at radius 3 is 2.47 bits per heavy atom. The van der Waals surface area contributed by atoms with Crippen molar-refractivity contribution in [1.82, 2.24) is 24.8 Å². The van der Waals surface area contributed by atoms with Gasteiger partial charge in [0.05, 0.1) is 30.0 Å². The van der Waals surface area contributed by atoms with E-state index >= 15 is 0 Å². The van der Waals surface area contributed by atoms with Gasteiger partial charge in [0.25, 0.3) is 5.91 Å². The number of carbonyl (C=O) groups is 1. The summed E-state index contributed by atoms with van der Waals surface area (Å²) in [7, 11) is 0. The normalized spacial score (nSPS) is 13.8. The van der Waals surface area contributed by atoms with E-state index in [0.29, 0.717) is 28.6 Å². The first-order chi connectivity index (χ1) is 15.4. The zero-order valence-corrected chi connectivity index (χ0v) is 17.9. The molecule has 8 heteroatoms. The number of ether oxygens (including phenoxy) is 1. The molecule has 0 spiro atoms. The lowest BCUT2D eigenvalue weighted by atomic mass is 10.1. The van der Waals surface area contributed by atoms with Crippen LogP contribution in [0.2, 0.25) is 0 Å². The molecule has 5 rings (SSSR count). The molecule has 1 aliphatic heterocycles. The van der Waals surface area contributed by atoms with E-state index in [0.717, 1.165) is 36.1 Å². The maximum Gasteiger partial charge on any atom is 0.272 e. The van der Waals surface area contributed by atoms with Crippen molar-refractivity contribution in [3.63, 3.8) is 0 Å². The number of aliphatic hydroxyl groups is 1. The van der Waals surface area contributed by atoms with Crippen LogP contribution < -0.4 is 4.74 Å². The summed E-state index contributed by atoms with van der Waals surface area (Å²) < 4.78 is 5.93. The van der Waals surface area contributed by atoms with Crippen molar-refractivity contribution in [2.75, 3.05) is 13.1 Å². The average molecular weight is 429 g/mol. The van der Waals surface area contributed by atoms with Gasteiger partial charge < -0.3 is 19.7 Å². The SMILES string of the molecule is CC(C)(O)c1cnc(-c2cc3cc(Oc4ccc(C(=O)N5CCC5)nc4)ccc3[nH]2)cn1. The number of aromatic nitrogens is 4. The molecule has 1 aromatic carbocycles. The fourth-order valence-corrected chi connectivity index (χ4v) is 3.48. The van der Waals surface area contributed by atoms with Crippen molar-refractivity contribution >= 4 is 16.8 Å². The second kappa shape index (κ2) is 7.72. The highest BCUT2D eigenvalue weighted by atomic mass is 16.5. The Morgan fingerprint density at radius 1 is 1.03 bits per heavy atom. The number of nitrogens with one attached hydrogen (secondary N) is 1. The highest BCUT2D eigenvalue weighted by Crippen LogP contribution is 2.29. The number of rotatable bonds is 5. The van der Waals surface area contributed by atoms with Gasteiger partial charge in [-0.15, -0.1) is 0 Å². The highest BCUT2D eigenvalue weighted by Gasteiger charge is 2.22. The number of aromatic amines is 1. The van der Waals surface area contributed by atoms with Gasteiger partial charge in [-0.3, -0.25) is 14.8 Å². The summed E-state index contributed by atoms with van der Waals surface area (Å²) in [5.41, 5.74) is 2.35. The number of nitrogens with zero attached hydrogens (tertiary/aromatic N) is 4. The number of amides is 1. The number of likely N-dealkylation sites (tertiary alicyclic amines) is 1. The number of fused-ring (bicyclic) bond motifs is 1. The van der Waals surface area contributed by atoms with Crippen LogP contribution in [0.1, 0.15) is 36.5 Å². The zero-order chi connectivity index (χ0) is 22.3. The van der Waals surface area contributed by atoms with Crippen molar-refractivity contribution in [1.29, 1.82) is 0 Å². The predicted octanol–water partition coefficient (Wildman–Crippen LogP) is 3.89. The van der Waals surface area contributed by atoms with Gasteiger partial charge in [0.1, 0.15) is 28.5 Å². The van der Waals surface area contributed by atoms with E-state index in [2.05, 4.69) is 19.9 Å². The molecular weight excluding hydrogens is 406 g/mol. The van der Waals surface area contributed by atoms with E-state index in [1.54, 1.807) is 49.5 Å². The fraction of sp³-hybridized carbons (Fsp3) is 0.250. The monoisotopic (exact) mass is 429 g/mol. The molecule has 0 radical (unpaired) electrons. The fourth-order valence-electron chi connectivity index (χ4n) is 3.48. The minimum atomic E-state index is -1.03. The average Bonchev–Trinajstić information content (AvgIpc) is 3.16. The summed E-state index contributed by atoms with van der Waals surface area (Å²) in [5, 5.41) is 11.0. The molecule has 0 saturated carbocycles.